The minimum atomic E-state index is -0.0370. The second-order valence-corrected chi connectivity index (χ2v) is 1.48. The van der Waals surface area contributed by atoms with Gasteiger partial charge in [0.2, 0.25) is 0 Å². The molecule has 0 radical (unpaired) electrons. The molecule has 0 aliphatic carbocycles. The minimum Gasteiger partial charge on any atom is -0.353 e. The van der Waals surface area contributed by atoms with Crippen molar-refractivity contribution in [3.63, 3.8) is 0 Å². The molecule has 0 amide bonds. The van der Waals surface area contributed by atoms with Crippen LogP contribution in [0.5, 0.6) is 0 Å². The first-order valence-electron chi connectivity index (χ1n) is 3.04. The van der Waals surface area contributed by atoms with E-state index in [0.717, 1.165) is 13.2 Å². The van der Waals surface area contributed by atoms with Crippen LogP contribution >= 0.6 is 0 Å². The van der Waals surface area contributed by atoms with E-state index in [1.807, 2.05) is 20.8 Å². The summed E-state index contributed by atoms with van der Waals surface area (Å²) in [5.74, 6) is 0. The highest BCUT2D eigenvalue weighted by molar-refractivity contribution is 5.75. The summed E-state index contributed by atoms with van der Waals surface area (Å²) in [6.45, 7) is 7.25. The third-order valence-electron chi connectivity index (χ3n) is 0.803. The molecule has 0 atom stereocenters. The van der Waals surface area contributed by atoms with Crippen LogP contribution in [0.1, 0.15) is 20.8 Å². The quantitative estimate of drug-likeness (QED) is 0.413. The summed E-state index contributed by atoms with van der Waals surface area (Å²) in [7, 11) is 0. The molecule has 0 rings (SSSR count). The van der Waals surface area contributed by atoms with E-state index in [1.54, 1.807) is 0 Å². The summed E-state index contributed by atoms with van der Waals surface area (Å²) in [6, 6.07) is 0. The Morgan fingerprint density at radius 1 is 1.11 bits per heavy atom. The van der Waals surface area contributed by atoms with Crippen LogP contribution in [0.4, 0.5) is 0 Å². The van der Waals surface area contributed by atoms with Crippen molar-refractivity contribution in [3.8, 4) is 0 Å². The van der Waals surface area contributed by atoms with Gasteiger partial charge in [0.05, 0.1) is 0 Å². The lowest BCUT2D eigenvalue weighted by molar-refractivity contribution is -0.123. The number of hydrogen-bond donors (Lipinski definition) is 0. The molecular weight excluding hydrogens is 132 g/mol. The molecule has 0 aliphatic heterocycles. The molecule has 0 heterocycles. The third kappa shape index (κ3) is 8.14. The van der Waals surface area contributed by atoms with Gasteiger partial charge in [-0.1, -0.05) is 0 Å². The maximum atomic E-state index is 5.06. The highest BCUT2D eigenvalue weighted by atomic mass is 28.1. The zero-order valence-electron chi connectivity index (χ0n) is 5.81. The Morgan fingerprint density at radius 2 is 1.44 bits per heavy atom. The van der Waals surface area contributed by atoms with E-state index in [1.165, 1.54) is 0 Å². The van der Waals surface area contributed by atoms with Crippen molar-refractivity contribution in [2.75, 3.05) is 13.2 Å². The Morgan fingerprint density at radius 3 is 1.67 bits per heavy atom. The molecule has 9 heavy (non-hydrogen) atoms. The smallest absolute Gasteiger partial charge is 0.154 e. The summed E-state index contributed by atoms with van der Waals surface area (Å²) in [5, 5.41) is 0. The molecule has 0 aromatic rings. The standard InChI is InChI=1S/C6H14O2.H4Si/c1-4-7-6(3)8-5-2;/h6H,4-5H2,1-3H3;1H4. The van der Waals surface area contributed by atoms with Gasteiger partial charge >= 0.3 is 0 Å². The van der Waals surface area contributed by atoms with Crippen molar-refractivity contribution < 1.29 is 9.47 Å². The maximum absolute atomic E-state index is 5.06. The normalized spacial score (nSPS) is 9.33. The Labute approximate surface area is 61.6 Å². The van der Waals surface area contributed by atoms with Gasteiger partial charge in [-0.2, -0.15) is 0 Å². The first-order chi connectivity index (χ1) is 3.81. The molecule has 0 fully saturated rings. The fourth-order valence-corrected chi connectivity index (χ4v) is 0.518. The highest BCUT2D eigenvalue weighted by Gasteiger charge is 1.94. The van der Waals surface area contributed by atoms with Crippen LogP contribution in [0.2, 0.25) is 0 Å². The van der Waals surface area contributed by atoms with Crippen molar-refractivity contribution >= 4 is 11.0 Å². The Bertz CT molecular complexity index is 44.3. The van der Waals surface area contributed by atoms with E-state index < -0.39 is 0 Å². The minimum absolute atomic E-state index is 0. The van der Waals surface area contributed by atoms with E-state index in [4.69, 9.17) is 9.47 Å². The monoisotopic (exact) mass is 150 g/mol. The van der Waals surface area contributed by atoms with Gasteiger partial charge in [-0.05, 0) is 31.7 Å². The largest absolute Gasteiger partial charge is 0.353 e. The first kappa shape index (κ1) is 11.9. The summed E-state index contributed by atoms with van der Waals surface area (Å²) >= 11 is 0. The Kier molecular flexibility index (Phi) is 10.7. The number of rotatable bonds is 4. The van der Waals surface area contributed by atoms with E-state index in [-0.39, 0.29) is 17.3 Å². The lowest BCUT2D eigenvalue weighted by Gasteiger charge is -2.09. The fraction of sp³-hybridized carbons (Fsp3) is 1.00. The second kappa shape index (κ2) is 8.14. The maximum Gasteiger partial charge on any atom is 0.154 e. The Hall–Kier alpha value is 0.137. The first-order valence-corrected chi connectivity index (χ1v) is 3.04. The van der Waals surface area contributed by atoms with Gasteiger partial charge in [-0.15, -0.1) is 0 Å². The van der Waals surface area contributed by atoms with Crippen molar-refractivity contribution in [2.45, 2.75) is 27.1 Å². The van der Waals surface area contributed by atoms with E-state index in [9.17, 15) is 0 Å². The predicted octanol–water partition coefficient (Wildman–Crippen LogP) is -0.0462. The number of hydrogen-bond acceptors (Lipinski definition) is 2. The molecule has 0 spiro atoms. The topological polar surface area (TPSA) is 18.5 Å². The average molecular weight is 150 g/mol. The molecule has 0 N–H and O–H groups in total. The van der Waals surface area contributed by atoms with Gasteiger partial charge in [-0.3, -0.25) is 0 Å². The predicted molar refractivity (Wildman–Crippen MR) is 44.0 cm³/mol. The molecule has 0 aromatic heterocycles. The van der Waals surface area contributed by atoms with Gasteiger partial charge in [-0.25, -0.2) is 0 Å². The molecule has 2 nitrogen and oxygen atoms in total. The van der Waals surface area contributed by atoms with Crippen LogP contribution in [0, 0.1) is 0 Å². The van der Waals surface area contributed by atoms with E-state index in [2.05, 4.69) is 0 Å². The molecular formula is C6H18O2Si. The molecule has 0 bridgehead atoms. The summed E-state index contributed by atoms with van der Waals surface area (Å²) in [6.07, 6.45) is -0.0370. The lowest BCUT2D eigenvalue weighted by Crippen LogP contribution is -2.11. The van der Waals surface area contributed by atoms with Gasteiger partial charge < -0.3 is 9.47 Å². The molecule has 0 saturated heterocycles. The van der Waals surface area contributed by atoms with Gasteiger partial charge in [0.1, 0.15) is 0 Å². The van der Waals surface area contributed by atoms with Crippen molar-refractivity contribution in [1.82, 2.24) is 0 Å². The zero-order chi connectivity index (χ0) is 6.41. The van der Waals surface area contributed by atoms with Gasteiger partial charge in [0.15, 0.2) is 6.29 Å². The van der Waals surface area contributed by atoms with Crippen molar-refractivity contribution in [1.29, 1.82) is 0 Å². The molecule has 3 heteroatoms. The van der Waals surface area contributed by atoms with E-state index >= 15 is 0 Å². The SMILES string of the molecule is CCOC(C)OCC.[SiH4]. The Balaban J connectivity index is 0. The molecule has 58 valence electrons. The lowest BCUT2D eigenvalue weighted by atomic mass is 10.7. The van der Waals surface area contributed by atoms with Crippen LogP contribution in [-0.4, -0.2) is 30.5 Å². The second-order valence-electron chi connectivity index (χ2n) is 1.48. The molecule has 0 aliphatic rings. The third-order valence-corrected chi connectivity index (χ3v) is 0.803. The molecule has 0 aromatic carbocycles. The average Bonchev–Trinajstić information content (AvgIpc) is 1.68. The van der Waals surface area contributed by atoms with Gasteiger partial charge in [0, 0.05) is 13.2 Å². The van der Waals surface area contributed by atoms with Crippen molar-refractivity contribution in [3.05, 3.63) is 0 Å². The number of ether oxygens (including phenoxy) is 2. The van der Waals surface area contributed by atoms with Crippen LogP contribution in [0.25, 0.3) is 0 Å². The fourth-order valence-electron chi connectivity index (χ4n) is 0.518. The molecule has 0 unspecified atom stereocenters. The summed E-state index contributed by atoms with van der Waals surface area (Å²) in [4.78, 5) is 0. The van der Waals surface area contributed by atoms with Crippen LogP contribution in [0.3, 0.4) is 0 Å². The van der Waals surface area contributed by atoms with Crippen LogP contribution in [0.15, 0.2) is 0 Å². The summed E-state index contributed by atoms with van der Waals surface area (Å²) in [5.41, 5.74) is 0. The zero-order valence-corrected chi connectivity index (χ0v) is 5.81. The van der Waals surface area contributed by atoms with Crippen LogP contribution < -0.4 is 0 Å². The van der Waals surface area contributed by atoms with E-state index in [0.29, 0.717) is 0 Å². The summed E-state index contributed by atoms with van der Waals surface area (Å²) < 4.78 is 10.1. The highest BCUT2D eigenvalue weighted by Crippen LogP contribution is 1.90. The van der Waals surface area contributed by atoms with Crippen molar-refractivity contribution in [2.24, 2.45) is 0 Å². The molecule has 0 saturated carbocycles. The van der Waals surface area contributed by atoms with Crippen LogP contribution in [-0.2, 0) is 9.47 Å². The van der Waals surface area contributed by atoms with Gasteiger partial charge in [0.25, 0.3) is 0 Å².